The largest absolute Gasteiger partial charge is 0.455 e. The monoisotopic (exact) mass is 1010 g/mol. The van der Waals surface area contributed by atoms with Crippen molar-refractivity contribution in [3.05, 3.63) is 129 Å². The molecular formula is C52H56BrNO15. The molecule has 69 heavy (non-hydrogen) atoms. The molecule has 1 heterocycles. The van der Waals surface area contributed by atoms with E-state index in [0.29, 0.717) is 10.0 Å². The van der Waals surface area contributed by atoms with Gasteiger partial charge in [0.1, 0.15) is 30.0 Å². The van der Waals surface area contributed by atoms with E-state index in [2.05, 4.69) is 21.2 Å². The van der Waals surface area contributed by atoms with Crippen LogP contribution in [0.15, 0.2) is 112 Å². The second-order valence-electron chi connectivity index (χ2n) is 18.8. The predicted molar refractivity (Wildman–Crippen MR) is 249 cm³/mol. The highest BCUT2D eigenvalue weighted by atomic mass is 79.9. The summed E-state index contributed by atoms with van der Waals surface area (Å²) in [6, 6.07) is 21.0. The molecule has 16 nitrogen and oxygen atoms in total. The van der Waals surface area contributed by atoms with Gasteiger partial charge in [0.05, 0.1) is 35.2 Å². The van der Waals surface area contributed by atoms with Crippen molar-refractivity contribution in [2.24, 2.45) is 16.7 Å². The van der Waals surface area contributed by atoms with Gasteiger partial charge in [-0.05, 0) is 84.6 Å². The van der Waals surface area contributed by atoms with Gasteiger partial charge >= 0.3 is 29.8 Å². The molecule has 0 aromatic heterocycles. The Morgan fingerprint density at radius 3 is 2.06 bits per heavy atom. The first kappa shape index (κ1) is 50.9. The first-order valence-electron chi connectivity index (χ1n) is 22.6. The van der Waals surface area contributed by atoms with Crippen molar-refractivity contribution in [3.8, 4) is 0 Å². The number of hydrogen-bond donors (Lipinski definition) is 3. The first-order valence-corrected chi connectivity index (χ1v) is 23.4. The molecule has 3 aliphatic carbocycles. The van der Waals surface area contributed by atoms with E-state index in [1.165, 1.54) is 32.0 Å². The zero-order chi connectivity index (χ0) is 50.4. The Morgan fingerprint density at radius 2 is 1.48 bits per heavy atom. The number of hydrogen-bond acceptors (Lipinski definition) is 15. The van der Waals surface area contributed by atoms with Gasteiger partial charge in [0.25, 0.3) is 0 Å². The lowest BCUT2D eigenvalue weighted by atomic mass is 9.44. The first-order chi connectivity index (χ1) is 32.5. The maximum atomic E-state index is 15.7. The second-order valence-corrected chi connectivity index (χ2v) is 19.7. The summed E-state index contributed by atoms with van der Waals surface area (Å²) in [5.41, 5.74) is -7.26. The van der Waals surface area contributed by atoms with Gasteiger partial charge in [-0.3, -0.25) is 19.2 Å². The van der Waals surface area contributed by atoms with Gasteiger partial charge in [-0.25, -0.2) is 14.4 Å². The van der Waals surface area contributed by atoms with Crippen molar-refractivity contribution in [1.29, 1.82) is 0 Å². The summed E-state index contributed by atoms with van der Waals surface area (Å²) in [4.78, 5) is 99.4. The van der Waals surface area contributed by atoms with E-state index in [0.717, 1.165) is 13.8 Å². The number of carbonyl (C=O) groups is 7. The van der Waals surface area contributed by atoms with E-state index in [-0.39, 0.29) is 40.9 Å². The van der Waals surface area contributed by atoms with Crippen LogP contribution in [0.4, 0.5) is 0 Å². The van der Waals surface area contributed by atoms with Gasteiger partial charge in [-0.15, -0.1) is 0 Å². The minimum absolute atomic E-state index is 0.0335. The average Bonchev–Trinajstić information content (AvgIpc) is 3.31. The summed E-state index contributed by atoms with van der Waals surface area (Å²) in [5, 5.41) is 28.9. The zero-order valence-corrected chi connectivity index (χ0v) is 41.1. The number of ketones is 1. The summed E-state index contributed by atoms with van der Waals surface area (Å²) >= 11 is 3.37. The van der Waals surface area contributed by atoms with Crippen LogP contribution >= 0.6 is 15.9 Å². The second kappa shape index (κ2) is 19.4. The van der Waals surface area contributed by atoms with Crippen LogP contribution in [0.5, 0.6) is 0 Å². The number of carbonyl (C=O) groups excluding carboxylic acids is 7. The zero-order valence-electron chi connectivity index (χ0n) is 39.5. The summed E-state index contributed by atoms with van der Waals surface area (Å²) in [6.45, 7) is 11.1. The number of nitrogens with one attached hydrogen (secondary N) is 1. The molecule has 3 aromatic rings. The standard InChI is InChI=1S/C52H56BrNO15/c1-9-27(2)45(59)54-39(31-18-12-10-13-19-31)41(67-47(61)33-22-16-17-23-34(33)53)48(62)66-35-25-52(63)44(68-46(60)32-20-14-11-15-21-32)42-50(8,36(57)24-37-51(42,26-64-37)69-30(5)56)43(58)40(65-29(4)55)38(28(35)3)49(52,6)7/h9-23,35-37,39-42,44,57,63H,24-26H2,1-8H3,(H,54,59)/b27-9+/t35-,36-,37+,39-,40+,41+,42-,44-,50+,51-,52-/m0/s1. The molecule has 3 aromatic carbocycles. The fraction of sp³-hybridized carbons (Fsp3) is 0.442. The Bertz CT molecular complexity index is 2610. The molecule has 3 fully saturated rings. The molecule has 11 atom stereocenters. The summed E-state index contributed by atoms with van der Waals surface area (Å²) in [6.07, 6.45) is -9.16. The van der Waals surface area contributed by atoms with E-state index in [1.54, 1.807) is 101 Å². The highest BCUT2D eigenvalue weighted by Crippen LogP contribution is 2.64. The lowest BCUT2D eigenvalue weighted by Crippen LogP contribution is -2.82. The number of esters is 5. The van der Waals surface area contributed by atoms with E-state index in [9.17, 15) is 34.2 Å². The van der Waals surface area contributed by atoms with Gasteiger partial charge in [0.15, 0.2) is 17.5 Å². The molecule has 0 radical (unpaired) electrons. The predicted octanol–water partition coefficient (Wildman–Crippen LogP) is 6.02. The molecule has 1 aliphatic heterocycles. The van der Waals surface area contributed by atoms with E-state index >= 15 is 9.59 Å². The number of aliphatic hydroxyl groups excluding tert-OH is 1. The van der Waals surface area contributed by atoms with Crippen molar-refractivity contribution in [3.63, 3.8) is 0 Å². The SMILES string of the molecule is C/C=C(\C)C(=O)N[C@@H](c1ccccc1)[C@@H](OC(=O)c1ccccc1Br)C(=O)O[C@H]1C[C@]2(O)[C@@H](OC(=O)c3ccccc3)[C@@H]3[C@]4(OC(C)=O)CO[C@@H]4C[C@H](O)[C@@]3(C)C(=O)[C@H](OC(C)=O)C(=C1C)C2(C)C. The van der Waals surface area contributed by atoms with Crippen LogP contribution in [0.1, 0.15) is 101 Å². The fourth-order valence-corrected chi connectivity index (χ4v) is 11.1. The lowest BCUT2D eigenvalue weighted by Gasteiger charge is -2.67. The van der Waals surface area contributed by atoms with Crippen LogP contribution in [-0.4, -0.2) is 106 Å². The molecule has 1 amide bonds. The van der Waals surface area contributed by atoms with Crippen LogP contribution in [0, 0.1) is 16.7 Å². The highest BCUT2D eigenvalue weighted by molar-refractivity contribution is 9.10. The fourth-order valence-electron chi connectivity index (χ4n) is 10.7. The number of rotatable bonds is 12. The molecule has 7 rings (SSSR count). The van der Waals surface area contributed by atoms with Crippen LogP contribution in [0.2, 0.25) is 0 Å². The molecule has 1 saturated heterocycles. The van der Waals surface area contributed by atoms with Gasteiger partial charge in [0, 0.05) is 42.1 Å². The molecule has 0 unspecified atom stereocenters. The van der Waals surface area contributed by atoms with Gasteiger partial charge in [-0.1, -0.05) is 80.6 Å². The quantitative estimate of drug-likeness (QED) is 0.0817. The molecule has 366 valence electrons. The van der Waals surface area contributed by atoms with Crippen molar-refractivity contribution in [2.45, 2.75) is 122 Å². The van der Waals surface area contributed by atoms with E-state index in [1.807, 2.05) is 0 Å². The Balaban J connectivity index is 1.45. The van der Waals surface area contributed by atoms with E-state index in [4.69, 9.17) is 28.4 Å². The Labute approximate surface area is 407 Å². The van der Waals surface area contributed by atoms with Gasteiger partial charge in [-0.2, -0.15) is 0 Å². The van der Waals surface area contributed by atoms with Crippen molar-refractivity contribution < 1.29 is 72.2 Å². The topological polar surface area (TPSA) is 227 Å². The number of ether oxygens (including phenoxy) is 6. The lowest BCUT2D eigenvalue weighted by molar-refractivity contribution is -0.346. The summed E-state index contributed by atoms with van der Waals surface area (Å²) in [5.74, 6) is -7.92. The Kier molecular flexibility index (Phi) is 14.3. The number of allylic oxidation sites excluding steroid dienone is 1. The molecule has 2 saturated carbocycles. The van der Waals surface area contributed by atoms with Crippen LogP contribution in [-0.2, 0) is 52.4 Å². The maximum absolute atomic E-state index is 15.7. The van der Waals surface area contributed by atoms with Crippen molar-refractivity contribution in [1.82, 2.24) is 5.32 Å². The normalized spacial score (nSPS) is 30.0. The van der Waals surface area contributed by atoms with Crippen LogP contribution in [0.3, 0.4) is 0 Å². The number of benzene rings is 3. The van der Waals surface area contributed by atoms with Crippen molar-refractivity contribution >= 4 is 57.5 Å². The number of fused-ring (bicyclic) bond motifs is 5. The molecule has 3 N–H and O–H groups in total. The smallest absolute Gasteiger partial charge is 0.350 e. The highest BCUT2D eigenvalue weighted by Gasteiger charge is 2.78. The van der Waals surface area contributed by atoms with Gasteiger partial charge in [0.2, 0.25) is 12.0 Å². The third-order valence-electron chi connectivity index (χ3n) is 14.5. The number of Topliss-reactive ketones (excluding diaryl/α,β-unsaturated/α-hetero) is 1. The van der Waals surface area contributed by atoms with Crippen molar-refractivity contribution in [2.75, 3.05) is 6.61 Å². The summed E-state index contributed by atoms with van der Waals surface area (Å²) in [7, 11) is 0. The molecule has 17 heteroatoms. The minimum Gasteiger partial charge on any atom is -0.455 e. The number of halogens is 1. The number of aliphatic hydroxyl groups is 2. The minimum atomic E-state index is -2.45. The average molecular weight is 1010 g/mol. The number of amides is 1. The van der Waals surface area contributed by atoms with Crippen LogP contribution in [0.25, 0.3) is 0 Å². The van der Waals surface area contributed by atoms with Crippen LogP contribution < -0.4 is 5.32 Å². The molecule has 2 bridgehead atoms. The Hall–Kier alpha value is -6.01. The van der Waals surface area contributed by atoms with E-state index < -0.39 is 119 Å². The molecule has 0 spiro atoms. The Morgan fingerprint density at radius 1 is 0.855 bits per heavy atom. The third-order valence-corrected chi connectivity index (χ3v) is 15.2. The molecule has 4 aliphatic rings. The van der Waals surface area contributed by atoms with Gasteiger partial charge < -0.3 is 44.0 Å². The maximum Gasteiger partial charge on any atom is 0.350 e. The molecular weight excluding hydrogens is 958 g/mol. The third kappa shape index (κ3) is 8.94. The summed E-state index contributed by atoms with van der Waals surface area (Å²) < 4.78 is 37.2.